The number of hydrogen-bond donors (Lipinski definition) is 1. The van der Waals surface area contributed by atoms with E-state index in [0.29, 0.717) is 11.8 Å². The zero-order valence-corrected chi connectivity index (χ0v) is 9.17. The van der Waals surface area contributed by atoms with Gasteiger partial charge in [-0.2, -0.15) is 4.98 Å². The SMILES string of the molecule is C1CC1c1nc(C2[C@H]3CNC[C@@H]23)no1.Cl. The lowest BCUT2D eigenvalue weighted by Gasteiger charge is -1.97. The molecule has 0 radical (unpaired) electrons. The number of nitrogens with one attached hydrogen (secondary N) is 1. The molecular formula is C10H14ClN3O. The van der Waals surface area contributed by atoms with E-state index in [-0.39, 0.29) is 12.4 Å². The second kappa shape index (κ2) is 3.19. The summed E-state index contributed by atoms with van der Waals surface area (Å²) in [6.07, 6.45) is 2.47. The van der Waals surface area contributed by atoms with Gasteiger partial charge in [0.25, 0.3) is 0 Å². The van der Waals surface area contributed by atoms with Crippen LogP contribution in [-0.2, 0) is 0 Å². The van der Waals surface area contributed by atoms with Gasteiger partial charge in [0, 0.05) is 11.8 Å². The summed E-state index contributed by atoms with van der Waals surface area (Å²) in [4.78, 5) is 4.51. The summed E-state index contributed by atoms with van der Waals surface area (Å²) in [5.41, 5.74) is 0. The molecule has 2 saturated carbocycles. The standard InChI is InChI=1S/C10H13N3O.ClH/c1-2-5(1)10-12-9(13-14-10)8-6-3-11-4-7(6)8;/h5-8,11H,1-4H2;1H/t6-,7+,8?;. The van der Waals surface area contributed by atoms with Crippen molar-refractivity contribution in [1.82, 2.24) is 15.5 Å². The van der Waals surface area contributed by atoms with Crippen LogP contribution in [0.4, 0.5) is 0 Å². The lowest BCUT2D eigenvalue weighted by atomic mass is 10.2. The zero-order valence-electron chi connectivity index (χ0n) is 8.35. The molecule has 1 aliphatic heterocycles. The van der Waals surface area contributed by atoms with Crippen molar-refractivity contribution in [2.75, 3.05) is 13.1 Å². The molecule has 0 aromatic carbocycles. The largest absolute Gasteiger partial charge is 0.339 e. The summed E-state index contributed by atoms with van der Waals surface area (Å²) >= 11 is 0. The molecule has 1 unspecified atom stereocenters. The Labute approximate surface area is 94.2 Å². The van der Waals surface area contributed by atoms with Gasteiger partial charge in [0.1, 0.15) is 0 Å². The van der Waals surface area contributed by atoms with Gasteiger partial charge in [0.2, 0.25) is 5.89 Å². The third-order valence-corrected chi connectivity index (χ3v) is 3.77. The first-order chi connectivity index (χ1) is 6.93. The van der Waals surface area contributed by atoms with Crippen LogP contribution in [0.25, 0.3) is 0 Å². The second-order valence-electron chi connectivity index (χ2n) is 4.78. The van der Waals surface area contributed by atoms with E-state index in [0.717, 1.165) is 36.6 Å². The van der Waals surface area contributed by atoms with Gasteiger partial charge < -0.3 is 9.84 Å². The Kier molecular flexibility index (Phi) is 2.04. The normalized spacial score (nSPS) is 37.2. The number of aromatic nitrogens is 2. The Morgan fingerprint density at radius 2 is 1.93 bits per heavy atom. The smallest absolute Gasteiger partial charge is 0.229 e. The van der Waals surface area contributed by atoms with Crippen molar-refractivity contribution in [2.45, 2.75) is 24.7 Å². The Balaban J connectivity index is 0.000000722. The van der Waals surface area contributed by atoms with Crippen molar-refractivity contribution in [3.63, 3.8) is 0 Å². The highest BCUT2D eigenvalue weighted by molar-refractivity contribution is 5.85. The maximum Gasteiger partial charge on any atom is 0.229 e. The highest BCUT2D eigenvalue weighted by Gasteiger charge is 2.56. The van der Waals surface area contributed by atoms with Crippen molar-refractivity contribution >= 4 is 12.4 Å². The first-order valence-corrected chi connectivity index (χ1v) is 5.47. The second-order valence-corrected chi connectivity index (χ2v) is 4.78. The fourth-order valence-corrected chi connectivity index (χ4v) is 2.68. The summed E-state index contributed by atoms with van der Waals surface area (Å²) in [5, 5.41) is 7.49. The first kappa shape index (κ1) is 9.60. The summed E-state index contributed by atoms with van der Waals surface area (Å²) < 4.78 is 5.27. The molecule has 1 aromatic heterocycles. The van der Waals surface area contributed by atoms with Crippen LogP contribution in [-0.4, -0.2) is 23.2 Å². The van der Waals surface area contributed by atoms with Crippen molar-refractivity contribution in [3.8, 4) is 0 Å². The molecule has 3 aliphatic rings. The van der Waals surface area contributed by atoms with E-state index >= 15 is 0 Å². The maximum absolute atomic E-state index is 5.27. The average Bonchev–Trinajstić information content (AvgIpc) is 3.07. The molecule has 1 N–H and O–H groups in total. The van der Waals surface area contributed by atoms with Crippen LogP contribution in [0.15, 0.2) is 4.52 Å². The van der Waals surface area contributed by atoms with Gasteiger partial charge in [-0.3, -0.25) is 0 Å². The molecule has 3 fully saturated rings. The van der Waals surface area contributed by atoms with E-state index in [9.17, 15) is 0 Å². The van der Waals surface area contributed by atoms with Gasteiger partial charge in [-0.05, 0) is 37.8 Å². The van der Waals surface area contributed by atoms with E-state index in [4.69, 9.17) is 4.52 Å². The lowest BCUT2D eigenvalue weighted by molar-refractivity contribution is 0.372. The fraction of sp³-hybridized carbons (Fsp3) is 0.800. The van der Waals surface area contributed by atoms with Gasteiger partial charge in [-0.25, -0.2) is 0 Å². The molecule has 1 aromatic rings. The van der Waals surface area contributed by atoms with Crippen LogP contribution >= 0.6 is 12.4 Å². The van der Waals surface area contributed by atoms with Gasteiger partial charge in [-0.15, -0.1) is 12.4 Å². The lowest BCUT2D eigenvalue weighted by Crippen LogP contribution is -2.14. The van der Waals surface area contributed by atoms with Crippen molar-refractivity contribution in [1.29, 1.82) is 0 Å². The number of nitrogens with zero attached hydrogens (tertiary/aromatic N) is 2. The van der Waals surface area contributed by atoms with E-state index in [2.05, 4.69) is 15.5 Å². The minimum absolute atomic E-state index is 0. The molecule has 5 heteroatoms. The molecule has 15 heavy (non-hydrogen) atoms. The Morgan fingerprint density at radius 1 is 1.20 bits per heavy atom. The van der Waals surface area contributed by atoms with Crippen molar-refractivity contribution in [2.24, 2.45) is 11.8 Å². The molecule has 2 aliphatic carbocycles. The minimum Gasteiger partial charge on any atom is -0.339 e. The topological polar surface area (TPSA) is 51.0 Å². The third-order valence-electron chi connectivity index (χ3n) is 3.77. The highest BCUT2D eigenvalue weighted by Crippen LogP contribution is 2.55. The molecule has 2 heterocycles. The van der Waals surface area contributed by atoms with Crippen LogP contribution in [0.1, 0.15) is 36.4 Å². The average molecular weight is 228 g/mol. The number of hydrogen-bond acceptors (Lipinski definition) is 4. The van der Waals surface area contributed by atoms with Gasteiger partial charge in [-0.1, -0.05) is 5.16 Å². The van der Waals surface area contributed by atoms with Crippen LogP contribution in [0.2, 0.25) is 0 Å². The molecular weight excluding hydrogens is 214 g/mol. The van der Waals surface area contributed by atoms with Crippen LogP contribution in [0.3, 0.4) is 0 Å². The predicted octanol–water partition coefficient (Wildman–Crippen LogP) is 1.30. The summed E-state index contributed by atoms with van der Waals surface area (Å²) in [6.45, 7) is 2.28. The van der Waals surface area contributed by atoms with Gasteiger partial charge in [0.15, 0.2) is 5.82 Å². The highest BCUT2D eigenvalue weighted by atomic mass is 35.5. The Bertz CT molecular complexity index is 366. The van der Waals surface area contributed by atoms with Crippen LogP contribution < -0.4 is 5.32 Å². The van der Waals surface area contributed by atoms with Crippen molar-refractivity contribution < 1.29 is 4.52 Å². The zero-order chi connectivity index (χ0) is 9.12. The maximum atomic E-state index is 5.27. The number of rotatable bonds is 2. The van der Waals surface area contributed by atoms with E-state index < -0.39 is 0 Å². The molecule has 1 saturated heterocycles. The molecule has 82 valence electrons. The monoisotopic (exact) mass is 227 g/mol. The summed E-state index contributed by atoms with van der Waals surface area (Å²) in [7, 11) is 0. The fourth-order valence-electron chi connectivity index (χ4n) is 2.68. The quantitative estimate of drug-likeness (QED) is 0.828. The van der Waals surface area contributed by atoms with Gasteiger partial charge >= 0.3 is 0 Å². The van der Waals surface area contributed by atoms with Crippen LogP contribution in [0, 0.1) is 11.8 Å². The van der Waals surface area contributed by atoms with E-state index in [1.807, 2.05) is 0 Å². The van der Waals surface area contributed by atoms with Crippen molar-refractivity contribution in [3.05, 3.63) is 11.7 Å². The molecule has 0 bridgehead atoms. The van der Waals surface area contributed by atoms with E-state index in [1.54, 1.807) is 0 Å². The minimum atomic E-state index is 0. The van der Waals surface area contributed by atoms with Gasteiger partial charge in [0.05, 0.1) is 0 Å². The molecule has 0 amide bonds. The molecule has 0 spiro atoms. The number of halogens is 1. The molecule has 4 rings (SSSR count). The number of piperidine rings is 1. The molecule has 4 nitrogen and oxygen atoms in total. The summed E-state index contributed by atoms with van der Waals surface area (Å²) in [6, 6.07) is 0. The molecule has 3 atom stereocenters. The third kappa shape index (κ3) is 1.39. The van der Waals surface area contributed by atoms with Crippen LogP contribution in [0.5, 0.6) is 0 Å². The Hall–Kier alpha value is -0.610. The predicted molar refractivity (Wildman–Crippen MR) is 56.1 cm³/mol. The Morgan fingerprint density at radius 3 is 2.60 bits per heavy atom. The summed E-state index contributed by atoms with van der Waals surface area (Å²) in [5.74, 6) is 4.64. The van der Waals surface area contributed by atoms with E-state index in [1.165, 1.54) is 12.8 Å². The number of fused-ring (bicyclic) bond motifs is 1. The first-order valence-electron chi connectivity index (χ1n) is 5.47.